The maximum absolute atomic E-state index is 7.55. The molecule has 2 unspecified atom stereocenters. The number of hydrogen-bond acceptors (Lipinski definition) is 2. The number of hydrogen-bond donors (Lipinski definition) is 2. The Morgan fingerprint density at radius 2 is 1.54 bits per heavy atom. The summed E-state index contributed by atoms with van der Waals surface area (Å²) in [6, 6.07) is 21.0. The highest BCUT2D eigenvalue weighted by molar-refractivity contribution is 5.99. The highest BCUT2D eigenvalue weighted by Crippen LogP contribution is 2.55. The van der Waals surface area contributed by atoms with Gasteiger partial charge in [-0.1, -0.05) is 42.5 Å². The van der Waals surface area contributed by atoms with Crippen LogP contribution < -0.4 is 10.5 Å². The van der Waals surface area contributed by atoms with Gasteiger partial charge in [-0.15, -0.1) is 0 Å². The van der Waals surface area contributed by atoms with Gasteiger partial charge in [-0.3, -0.25) is 5.41 Å². The van der Waals surface area contributed by atoms with Crippen LogP contribution in [0.1, 0.15) is 34.9 Å². The van der Waals surface area contributed by atoms with E-state index in [0.29, 0.717) is 11.8 Å². The summed E-state index contributed by atoms with van der Waals surface area (Å²) in [5, 5.41) is 9.89. The zero-order valence-electron chi connectivity index (χ0n) is 13.6. The fraction of sp³-hybridized carbons (Fsp3) is 0.190. The predicted octanol–water partition coefficient (Wildman–Crippen LogP) is 4.40. The number of methoxy groups -OCH3 is 1. The molecule has 0 spiro atoms. The summed E-state index contributed by atoms with van der Waals surface area (Å²) in [6.07, 6.45) is 1.20. The second-order valence-electron chi connectivity index (χ2n) is 6.46. The number of benzene rings is 3. The molecular formula is C21H20N2O. The molecule has 1 aliphatic rings. The van der Waals surface area contributed by atoms with Crippen LogP contribution in [0.15, 0.2) is 60.7 Å². The van der Waals surface area contributed by atoms with Crippen molar-refractivity contribution in [3.05, 3.63) is 77.4 Å². The third-order valence-electron chi connectivity index (χ3n) is 4.94. The van der Waals surface area contributed by atoms with Crippen LogP contribution in [-0.2, 0) is 0 Å². The van der Waals surface area contributed by atoms with Crippen molar-refractivity contribution in [1.29, 1.82) is 5.41 Å². The third-order valence-corrected chi connectivity index (χ3v) is 4.94. The van der Waals surface area contributed by atoms with Gasteiger partial charge in [0.2, 0.25) is 0 Å². The number of nitrogen functional groups attached to an aromatic ring is 1. The van der Waals surface area contributed by atoms with E-state index < -0.39 is 0 Å². The van der Waals surface area contributed by atoms with E-state index in [1.165, 1.54) is 22.9 Å². The number of nitrogens with two attached hydrogens (primary N) is 1. The molecule has 1 fully saturated rings. The number of rotatable bonds is 4. The quantitative estimate of drug-likeness (QED) is 0.553. The smallest absolute Gasteiger partial charge is 0.122 e. The lowest BCUT2D eigenvalue weighted by Crippen LogP contribution is -2.10. The lowest BCUT2D eigenvalue weighted by molar-refractivity contribution is 0.414. The molecule has 2 atom stereocenters. The Bertz CT molecular complexity index is 915. The molecule has 3 aromatic carbocycles. The molecule has 3 nitrogen and oxygen atoms in total. The molecule has 0 bridgehead atoms. The van der Waals surface area contributed by atoms with Gasteiger partial charge in [-0.05, 0) is 58.4 Å². The predicted molar refractivity (Wildman–Crippen MR) is 98.1 cm³/mol. The van der Waals surface area contributed by atoms with Gasteiger partial charge in [0.15, 0.2) is 0 Å². The van der Waals surface area contributed by atoms with Crippen LogP contribution in [-0.4, -0.2) is 12.9 Å². The molecule has 120 valence electrons. The van der Waals surface area contributed by atoms with E-state index in [9.17, 15) is 0 Å². The van der Waals surface area contributed by atoms with Gasteiger partial charge < -0.3 is 10.5 Å². The number of nitrogens with one attached hydrogen (secondary N) is 1. The highest BCUT2D eigenvalue weighted by atomic mass is 16.5. The first-order chi connectivity index (χ1) is 11.7. The van der Waals surface area contributed by atoms with Crippen molar-refractivity contribution in [2.45, 2.75) is 18.3 Å². The Kier molecular flexibility index (Phi) is 3.49. The first kappa shape index (κ1) is 14.8. The van der Waals surface area contributed by atoms with Gasteiger partial charge in [-0.25, -0.2) is 0 Å². The van der Waals surface area contributed by atoms with Crippen molar-refractivity contribution < 1.29 is 4.74 Å². The molecule has 0 aliphatic heterocycles. The van der Waals surface area contributed by atoms with Gasteiger partial charge >= 0.3 is 0 Å². The van der Waals surface area contributed by atoms with Crippen molar-refractivity contribution in [1.82, 2.24) is 0 Å². The van der Waals surface area contributed by atoms with Crippen molar-refractivity contribution in [2.75, 3.05) is 7.11 Å². The Labute approximate surface area is 141 Å². The maximum Gasteiger partial charge on any atom is 0.122 e. The summed E-state index contributed by atoms with van der Waals surface area (Å²) in [5.41, 5.74) is 9.12. The average Bonchev–Trinajstić information content (AvgIpc) is 3.41. The zero-order chi connectivity index (χ0) is 16.7. The van der Waals surface area contributed by atoms with Crippen LogP contribution in [0.4, 0.5) is 0 Å². The topological polar surface area (TPSA) is 59.1 Å². The summed E-state index contributed by atoms with van der Waals surface area (Å²) >= 11 is 0. The van der Waals surface area contributed by atoms with E-state index in [0.717, 1.165) is 16.7 Å². The van der Waals surface area contributed by atoms with E-state index in [-0.39, 0.29) is 5.84 Å². The first-order valence-corrected chi connectivity index (χ1v) is 8.18. The Balaban J connectivity index is 1.58. The molecule has 0 saturated heterocycles. The minimum absolute atomic E-state index is 0.114. The van der Waals surface area contributed by atoms with E-state index >= 15 is 0 Å². The summed E-state index contributed by atoms with van der Waals surface area (Å²) in [5.74, 6) is 2.21. The minimum atomic E-state index is 0.114. The fourth-order valence-electron chi connectivity index (χ4n) is 3.45. The summed E-state index contributed by atoms with van der Waals surface area (Å²) in [6.45, 7) is 0. The molecule has 1 saturated carbocycles. The molecule has 3 aromatic rings. The maximum atomic E-state index is 7.55. The zero-order valence-corrected chi connectivity index (χ0v) is 13.6. The van der Waals surface area contributed by atoms with E-state index in [1.54, 1.807) is 7.11 Å². The number of fused-ring (bicyclic) bond motifs is 1. The Hall–Kier alpha value is -2.81. The van der Waals surface area contributed by atoms with E-state index in [4.69, 9.17) is 15.9 Å². The van der Waals surface area contributed by atoms with E-state index in [2.05, 4.69) is 36.4 Å². The molecular weight excluding hydrogens is 296 g/mol. The summed E-state index contributed by atoms with van der Waals surface area (Å²) < 4.78 is 5.23. The largest absolute Gasteiger partial charge is 0.497 e. The molecule has 0 amide bonds. The van der Waals surface area contributed by atoms with Crippen LogP contribution in [0.2, 0.25) is 0 Å². The summed E-state index contributed by atoms with van der Waals surface area (Å²) in [7, 11) is 1.70. The van der Waals surface area contributed by atoms with Crippen LogP contribution in [0.3, 0.4) is 0 Å². The lowest BCUT2D eigenvalue weighted by atomic mass is 9.99. The second-order valence-corrected chi connectivity index (χ2v) is 6.46. The van der Waals surface area contributed by atoms with Crippen molar-refractivity contribution in [3.63, 3.8) is 0 Å². The number of ether oxygens (including phenoxy) is 1. The van der Waals surface area contributed by atoms with Crippen LogP contribution in [0.5, 0.6) is 5.75 Å². The third kappa shape index (κ3) is 2.62. The molecule has 3 N–H and O–H groups in total. The SMILES string of the molecule is COc1ccc(C2CC2c2ccc3cc(C(=N)N)ccc3c2)cc1. The van der Waals surface area contributed by atoms with E-state index in [1.807, 2.05) is 24.3 Å². The molecule has 1 aliphatic carbocycles. The van der Waals surface area contributed by atoms with Gasteiger partial charge in [0, 0.05) is 5.56 Å². The van der Waals surface area contributed by atoms with Crippen LogP contribution >= 0.6 is 0 Å². The fourth-order valence-corrected chi connectivity index (χ4v) is 3.45. The molecule has 3 heteroatoms. The molecule has 24 heavy (non-hydrogen) atoms. The van der Waals surface area contributed by atoms with Crippen molar-refractivity contribution >= 4 is 16.6 Å². The Morgan fingerprint density at radius 1 is 0.917 bits per heavy atom. The first-order valence-electron chi connectivity index (χ1n) is 8.18. The molecule has 0 radical (unpaired) electrons. The monoisotopic (exact) mass is 316 g/mol. The van der Waals surface area contributed by atoms with Gasteiger partial charge in [0.05, 0.1) is 7.11 Å². The molecule has 0 aromatic heterocycles. The minimum Gasteiger partial charge on any atom is -0.497 e. The van der Waals surface area contributed by atoms with Gasteiger partial charge in [-0.2, -0.15) is 0 Å². The van der Waals surface area contributed by atoms with Crippen molar-refractivity contribution in [2.24, 2.45) is 5.73 Å². The molecule has 0 heterocycles. The second kappa shape index (κ2) is 5.68. The van der Waals surface area contributed by atoms with Gasteiger partial charge in [0.1, 0.15) is 11.6 Å². The highest BCUT2D eigenvalue weighted by Gasteiger charge is 2.39. The average molecular weight is 316 g/mol. The number of amidine groups is 1. The standard InChI is InChI=1S/C21H20N2O/c1-24-18-8-6-13(7-9-18)19-12-20(19)16-4-2-15-11-17(21(22)23)5-3-14(15)10-16/h2-11,19-20H,12H2,1H3,(H3,22,23). The van der Waals surface area contributed by atoms with Crippen LogP contribution in [0.25, 0.3) is 10.8 Å². The van der Waals surface area contributed by atoms with Crippen molar-refractivity contribution in [3.8, 4) is 5.75 Å². The molecule has 4 rings (SSSR count). The summed E-state index contributed by atoms with van der Waals surface area (Å²) in [4.78, 5) is 0. The lowest BCUT2D eigenvalue weighted by Gasteiger charge is -2.06. The van der Waals surface area contributed by atoms with Gasteiger partial charge in [0.25, 0.3) is 0 Å². The van der Waals surface area contributed by atoms with Crippen LogP contribution in [0, 0.1) is 5.41 Å². The normalized spacial score (nSPS) is 19.2. The Morgan fingerprint density at radius 3 is 2.25 bits per heavy atom.